The first kappa shape index (κ1) is 18.4. The standard InChI is InChI=1S/C18H18F2N6O/c1-11-10-12(2)26(25-11)16-7-6-15(23-24-16)21-8-9-22-18(27)17-13(19)4-3-5-14(17)20/h3-7,10H,8-9H2,1-2H3,(H,21,23)(H,22,27). The molecule has 0 bridgehead atoms. The third-order valence-corrected chi connectivity index (χ3v) is 3.78. The van der Waals surface area contributed by atoms with Crippen molar-refractivity contribution in [2.75, 3.05) is 18.4 Å². The van der Waals surface area contributed by atoms with Crippen LogP contribution in [0, 0.1) is 25.5 Å². The van der Waals surface area contributed by atoms with Crippen molar-refractivity contribution in [1.82, 2.24) is 25.3 Å². The van der Waals surface area contributed by atoms with Gasteiger partial charge < -0.3 is 10.6 Å². The van der Waals surface area contributed by atoms with E-state index in [-0.39, 0.29) is 6.54 Å². The van der Waals surface area contributed by atoms with Gasteiger partial charge in [0.05, 0.1) is 5.69 Å². The number of halogens is 2. The predicted octanol–water partition coefficient (Wildman–Crippen LogP) is 2.40. The number of carbonyl (C=O) groups excluding carboxylic acids is 1. The third-order valence-electron chi connectivity index (χ3n) is 3.78. The minimum absolute atomic E-state index is 0.160. The second-order valence-electron chi connectivity index (χ2n) is 5.90. The van der Waals surface area contributed by atoms with Gasteiger partial charge in [0.25, 0.3) is 5.91 Å². The molecule has 3 rings (SSSR count). The van der Waals surface area contributed by atoms with E-state index in [0.717, 1.165) is 23.5 Å². The molecule has 2 aromatic heterocycles. The zero-order valence-corrected chi connectivity index (χ0v) is 14.8. The Kier molecular flexibility index (Phi) is 5.39. The summed E-state index contributed by atoms with van der Waals surface area (Å²) >= 11 is 0. The summed E-state index contributed by atoms with van der Waals surface area (Å²) in [5, 5.41) is 17.9. The Balaban J connectivity index is 1.52. The lowest BCUT2D eigenvalue weighted by Crippen LogP contribution is -2.30. The quantitative estimate of drug-likeness (QED) is 0.649. The molecule has 27 heavy (non-hydrogen) atoms. The fourth-order valence-electron chi connectivity index (χ4n) is 2.56. The number of nitrogens with one attached hydrogen (secondary N) is 2. The topological polar surface area (TPSA) is 84.7 Å². The van der Waals surface area contributed by atoms with Crippen molar-refractivity contribution < 1.29 is 13.6 Å². The van der Waals surface area contributed by atoms with Crippen LogP contribution in [0.2, 0.25) is 0 Å². The van der Waals surface area contributed by atoms with E-state index in [4.69, 9.17) is 0 Å². The lowest BCUT2D eigenvalue weighted by molar-refractivity contribution is 0.0946. The summed E-state index contributed by atoms with van der Waals surface area (Å²) in [4.78, 5) is 11.9. The van der Waals surface area contributed by atoms with Crippen molar-refractivity contribution in [3.63, 3.8) is 0 Å². The molecule has 0 unspecified atom stereocenters. The van der Waals surface area contributed by atoms with E-state index in [1.54, 1.807) is 16.8 Å². The van der Waals surface area contributed by atoms with Crippen LogP contribution in [-0.4, -0.2) is 39.0 Å². The number of rotatable bonds is 6. The summed E-state index contributed by atoms with van der Waals surface area (Å²) in [7, 11) is 0. The lowest BCUT2D eigenvalue weighted by atomic mass is 10.2. The Bertz CT molecular complexity index is 935. The van der Waals surface area contributed by atoms with Crippen molar-refractivity contribution >= 4 is 11.7 Å². The van der Waals surface area contributed by atoms with E-state index in [2.05, 4.69) is 25.9 Å². The molecule has 7 nitrogen and oxygen atoms in total. The average Bonchev–Trinajstić information content (AvgIpc) is 2.97. The number of aromatic nitrogens is 4. The highest BCUT2D eigenvalue weighted by atomic mass is 19.1. The summed E-state index contributed by atoms with van der Waals surface area (Å²) in [6.45, 7) is 4.30. The van der Waals surface area contributed by atoms with Crippen LogP contribution < -0.4 is 10.6 Å². The largest absolute Gasteiger partial charge is 0.367 e. The van der Waals surface area contributed by atoms with Crippen molar-refractivity contribution in [3.8, 4) is 5.82 Å². The molecule has 0 saturated heterocycles. The number of carbonyl (C=O) groups is 1. The van der Waals surface area contributed by atoms with E-state index in [1.165, 1.54) is 6.07 Å². The fourth-order valence-corrected chi connectivity index (χ4v) is 2.56. The number of anilines is 1. The van der Waals surface area contributed by atoms with Gasteiger partial charge >= 0.3 is 0 Å². The van der Waals surface area contributed by atoms with Crippen molar-refractivity contribution in [3.05, 3.63) is 65.0 Å². The molecule has 0 aliphatic heterocycles. The van der Waals surface area contributed by atoms with Crippen LogP contribution >= 0.6 is 0 Å². The summed E-state index contributed by atoms with van der Waals surface area (Å²) < 4.78 is 28.8. The average molecular weight is 372 g/mol. The Labute approximate surface area is 154 Å². The summed E-state index contributed by atoms with van der Waals surface area (Å²) in [5.74, 6) is -1.50. The summed E-state index contributed by atoms with van der Waals surface area (Å²) in [5.41, 5.74) is 1.25. The van der Waals surface area contributed by atoms with Gasteiger partial charge in [-0.05, 0) is 44.2 Å². The van der Waals surface area contributed by atoms with E-state index < -0.39 is 23.1 Å². The number of amides is 1. The molecule has 0 atom stereocenters. The van der Waals surface area contributed by atoms with Crippen LogP contribution in [0.1, 0.15) is 21.7 Å². The fraction of sp³-hybridized carbons (Fsp3) is 0.222. The van der Waals surface area contributed by atoms with Gasteiger partial charge in [0, 0.05) is 18.8 Å². The van der Waals surface area contributed by atoms with Crippen molar-refractivity contribution in [2.24, 2.45) is 0 Å². The lowest BCUT2D eigenvalue weighted by Gasteiger charge is -2.09. The molecule has 0 aliphatic carbocycles. The maximum atomic E-state index is 13.5. The summed E-state index contributed by atoms with van der Waals surface area (Å²) in [6.07, 6.45) is 0. The molecule has 0 aliphatic rings. The number of benzene rings is 1. The number of nitrogens with zero attached hydrogens (tertiary/aromatic N) is 4. The first-order valence-electron chi connectivity index (χ1n) is 8.29. The number of hydrogen-bond acceptors (Lipinski definition) is 5. The zero-order chi connectivity index (χ0) is 19.4. The van der Waals surface area contributed by atoms with Crippen LogP contribution in [0.4, 0.5) is 14.6 Å². The van der Waals surface area contributed by atoms with Gasteiger partial charge in [-0.3, -0.25) is 4.79 Å². The molecule has 140 valence electrons. The van der Waals surface area contributed by atoms with Gasteiger partial charge in [-0.25, -0.2) is 13.5 Å². The number of aryl methyl sites for hydroxylation is 2. The Morgan fingerprint density at radius 1 is 1.07 bits per heavy atom. The second-order valence-corrected chi connectivity index (χ2v) is 5.90. The molecule has 3 aromatic rings. The highest BCUT2D eigenvalue weighted by Gasteiger charge is 2.16. The van der Waals surface area contributed by atoms with Crippen LogP contribution in [0.25, 0.3) is 5.82 Å². The molecule has 0 radical (unpaired) electrons. The maximum Gasteiger partial charge on any atom is 0.257 e. The van der Waals surface area contributed by atoms with Gasteiger partial charge in [-0.15, -0.1) is 10.2 Å². The van der Waals surface area contributed by atoms with Crippen LogP contribution in [0.15, 0.2) is 36.4 Å². The molecule has 0 saturated carbocycles. The molecule has 0 fully saturated rings. The number of hydrogen-bond donors (Lipinski definition) is 2. The first-order chi connectivity index (χ1) is 13.0. The Morgan fingerprint density at radius 2 is 1.81 bits per heavy atom. The van der Waals surface area contributed by atoms with Crippen LogP contribution in [0.3, 0.4) is 0 Å². The molecular weight excluding hydrogens is 354 g/mol. The highest BCUT2D eigenvalue weighted by Crippen LogP contribution is 2.12. The molecule has 1 amide bonds. The maximum absolute atomic E-state index is 13.5. The first-order valence-corrected chi connectivity index (χ1v) is 8.29. The summed E-state index contributed by atoms with van der Waals surface area (Å²) in [6, 6.07) is 8.72. The van der Waals surface area contributed by atoms with E-state index in [0.29, 0.717) is 18.2 Å². The van der Waals surface area contributed by atoms with Crippen LogP contribution in [-0.2, 0) is 0 Å². The molecule has 1 aromatic carbocycles. The second kappa shape index (κ2) is 7.90. The SMILES string of the molecule is Cc1cc(C)n(-c2ccc(NCCNC(=O)c3c(F)cccc3F)nn2)n1. The molecular formula is C18H18F2N6O. The van der Waals surface area contributed by atoms with E-state index in [1.807, 2.05) is 19.9 Å². The van der Waals surface area contributed by atoms with Crippen LogP contribution in [0.5, 0.6) is 0 Å². The zero-order valence-electron chi connectivity index (χ0n) is 14.8. The van der Waals surface area contributed by atoms with Crippen molar-refractivity contribution in [2.45, 2.75) is 13.8 Å². The van der Waals surface area contributed by atoms with E-state index >= 15 is 0 Å². The van der Waals surface area contributed by atoms with Gasteiger partial charge in [-0.1, -0.05) is 6.07 Å². The van der Waals surface area contributed by atoms with Gasteiger partial charge in [0.2, 0.25) is 0 Å². The smallest absolute Gasteiger partial charge is 0.257 e. The Hall–Kier alpha value is -3.36. The van der Waals surface area contributed by atoms with Gasteiger partial charge in [-0.2, -0.15) is 5.10 Å². The Morgan fingerprint density at radius 3 is 2.41 bits per heavy atom. The van der Waals surface area contributed by atoms with Crippen molar-refractivity contribution in [1.29, 1.82) is 0 Å². The third kappa shape index (κ3) is 4.25. The van der Waals surface area contributed by atoms with Gasteiger partial charge in [0.1, 0.15) is 23.0 Å². The normalized spacial score (nSPS) is 10.7. The predicted molar refractivity (Wildman–Crippen MR) is 95.8 cm³/mol. The highest BCUT2D eigenvalue weighted by molar-refractivity contribution is 5.94. The minimum atomic E-state index is -0.897. The molecule has 9 heteroatoms. The molecule has 0 spiro atoms. The molecule has 2 N–H and O–H groups in total. The van der Waals surface area contributed by atoms with Gasteiger partial charge in [0.15, 0.2) is 5.82 Å². The molecule has 2 heterocycles. The monoisotopic (exact) mass is 372 g/mol. The minimum Gasteiger partial charge on any atom is -0.367 e. The van der Waals surface area contributed by atoms with E-state index in [9.17, 15) is 13.6 Å².